The van der Waals surface area contributed by atoms with Gasteiger partial charge in [0.25, 0.3) is 5.56 Å². The highest BCUT2D eigenvalue weighted by Crippen LogP contribution is 2.24. The summed E-state index contributed by atoms with van der Waals surface area (Å²) in [5.41, 5.74) is 2.40. The second-order valence-electron chi connectivity index (χ2n) is 9.49. The lowest BCUT2D eigenvalue weighted by Gasteiger charge is -2.34. The number of likely N-dealkylation sites (tertiary alicyclic amines) is 1. The summed E-state index contributed by atoms with van der Waals surface area (Å²) in [5, 5.41) is 13.7. The van der Waals surface area contributed by atoms with Gasteiger partial charge in [-0.3, -0.25) is 4.79 Å². The van der Waals surface area contributed by atoms with Gasteiger partial charge in [0.05, 0.1) is 29.7 Å². The number of aryl methyl sites for hydroxylation is 1. The number of hydrogen-bond acceptors (Lipinski definition) is 4. The number of nitrogens with one attached hydrogen (secondary N) is 2. The van der Waals surface area contributed by atoms with E-state index in [1.807, 2.05) is 29.8 Å². The summed E-state index contributed by atoms with van der Waals surface area (Å²) in [6.45, 7) is 12.6. The molecule has 0 spiro atoms. The van der Waals surface area contributed by atoms with Crippen molar-refractivity contribution in [1.29, 1.82) is 0 Å². The molecule has 3 aromatic rings. The molecular weight excluding hydrogens is 364 g/mol. The third-order valence-electron chi connectivity index (χ3n) is 6.14. The molecule has 0 bridgehead atoms. The lowest BCUT2D eigenvalue weighted by Crippen LogP contribution is -3.13. The van der Waals surface area contributed by atoms with Crippen LogP contribution in [0.25, 0.3) is 10.9 Å². The summed E-state index contributed by atoms with van der Waals surface area (Å²) < 4.78 is 1.88. The first-order chi connectivity index (χ1) is 13.8. The first kappa shape index (κ1) is 19.8. The SMILES string of the molecule is Cc1cccc2cc([C@@H](c3nnnn3C(C)(C)C)[NH+]3CCC(C)CC3)c(=O)[nH]c12. The Bertz CT molecular complexity index is 1070. The Morgan fingerprint density at radius 3 is 2.66 bits per heavy atom. The largest absolute Gasteiger partial charge is 0.322 e. The average molecular weight is 396 g/mol. The standard InChI is InChI=1S/C22H30N6O/c1-14-9-11-27(12-10-14)19(20-24-25-26-28(20)22(3,4)5)17-13-16-8-6-7-15(2)18(16)23-21(17)29/h6-8,13-14,19H,9-12H2,1-5H3,(H,23,29)/p+1/t19-/m0/s1. The highest BCUT2D eigenvalue weighted by molar-refractivity contribution is 5.82. The van der Waals surface area contributed by atoms with Gasteiger partial charge in [0.15, 0.2) is 6.04 Å². The molecule has 7 heteroatoms. The summed E-state index contributed by atoms with van der Waals surface area (Å²) in [7, 11) is 0. The van der Waals surface area contributed by atoms with Crippen LogP contribution < -0.4 is 10.5 Å². The molecule has 0 radical (unpaired) electrons. The third-order valence-corrected chi connectivity index (χ3v) is 6.14. The average Bonchev–Trinajstić information content (AvgIpc) is 3.15. The lowest BCUT2D eigenvalue weighted by molar-refractivity contribution is -0.932. The van der Waals surface area contributed by atoms with Crippen LogP contribution in [-0.4, -0.2) is 38.3 Å². The maximum Gasteiger partial charge on any atom is 0.258 e. The van der Waals surface area contributed by atoms with Crippen molar-refractivity contribution >= 4 is 10.9 Å². The number of fused-ring (bicyclic) bond motifs is 1. The quantitative estimate of drug-likeness (QED) is 0.711. The van der Waals surface area contributed by atoms with E-state index < -0.39 is 0 Å². The van der Waals surface area contributed by atoms with Crippen LogP contribution in [0.15, 0.2) is 29.1 Å². The fraction of sp³-hybridized carbons (Fsp3) is 0.545. The minimum Gasteiger partial charge on any atom is -0.322 e. The highest BCUT2D eigenvalue weighted by atomic mass is 16.1. The Labute approximate surface area is 171 Å². The number of hydrogen-bond donors (Lipinski definition) is 2. The van der Waals surface area contributed by atoms with E-state index in [0.29, 0.717) is 0 Å². The molecular formula is C22H31N6O+. The van der Waals surface area contributed by atoms with Gasteiger partial charge in [-0.15, -0.1) is 5.10 Å². The maximum absolute atomic E-state index is 13.2. The molecule has 0 saturated carbocycles. The first-order valence-electron chi connectivity index (χ1n) is 10.5. The van der Waals surface area contributed by atoms with Crippen LogP contribution in [0.2, 0.25) is 0 Å². The number of quaternary nitrogens is 1. The normalized spacial score (nSPS) is 21.4. The number of pyridine rings is 1. The second-order valence-corrected chi connectivity index (χ2v) is 9.49. The van der Waals surface area contributed by atoms with Crippen molar-refractivity contribution in [2.45, 2.75) is 59.0 Å². The molecule has 0 aliphatic carbocycles. The highest BCUT2D eigenvalue weighted by Gasteiger charge is 2.37. The smallest absolute Gasteiger partial charge is 0.258 e. The molecule has 0 amide bonds. The van der Waals surface area contributed by atoms with E-state index in [1.54, 1.807) is 0 Å². The minimum atomic E-state index is -0.264. The van der Waals surface area contributed by atoms with Crippen molar-refractivity contribution in [3.05, 3.63) is 51.6 Å². The van der Waals surface area contributed by atoms with Gasteiger partial charge >= 0.3 is 0 Å². The molecule has 1 aromatic carbocycles. The van der Waals surface area contributed by atoms with E-state index in [-0.39, 0.29) is 17.1 Å². The summed E-state index contributed by atoms with van der Waals surface area (Å²) >= 11 is 0. The van der Waals surface area contributed by atoms with Crippen LogP contribution in [0.1, 0.15) is 63.5 Å². The molecule has 4 rings (SSSR count). The summed E-state index contributed by atoms with van der Waals surface area (Å²) in [6, 6.07) is 7.96. The predicted molar refractivity (Wildman–Crippen MR) is 113 cm³/mol. The van der Waals surface area contributed by atoms with E-state index in [1.165, 1.54) is 4.90 Å². The minimum absolute atomic E-state index is 0.0496. The van der Waals surface area contributed by atoms with Gasteiger partial charge in [-0.1, -0.05) is 25.1 Å². The zero-order valence-corrected chi connectivity index (χ0v) is 18.0. The van der Waals surface area contributed by atoms with E-state index in [9.17, 15) is 4.79 Å². The fourth-order valence-electron chi connectivity index (χ4n) is 4.43. The van der Waals surface area contributed by atoms with E-state index in [0.717, 1.165) is 59.7 Å². The molecule has 1 atom stereocenters. The van der Waals surface area contributed by atoms with Crippen molar-refractivity contribution in [3.8, 4) is 0 Å². The number of rotatable bonds is 3. The molecule has 2 N–H and O–H groups in total. The summed E-state index contributed by atoms with van der Waals surface area (Å²) in [6.07, 6.45) is 2.29. The van der Waals surface area contributed by atoms with Crippen LogP contribution >= 0.6 is 0 Å². The van der Waals surface area contributed by atoms with Crippen LogP contribution in [0.5, 0.6) is 0 Å². The van der Waals surface area contributed by atoms with E-state index in [4.69, 9.17) is 0 Å². The van der Waals surface area contributed by atoms with Crippen LogP contribution in [-0.2, 0) is 5.54 Å². The number of benzene rings is 1. The fourth-order valence-corrected chi connectivity index (χ4v) is 4.43. The van der Waals surface area contributed by atoms with Gasteiger partial charge in [-0.2, -0.15) is 0 Å². The van der Waals surface area contributed by atoms with Gasteiger partial charge in [-0.05, 0) is 73.9 Å². The van der Waals surface area contributed by atoms with Crippen LogP contribution in [0, 0.1) is 12.8 Å². The van der Waals surface area contributed by atoms with Crippen molar-refractivity contribution < 1.29 is 4.90 Å². The molecule has 0 unspecified atom stereocenters. The number of tetrazole rings is 1. The van der Waals surface area contributed by atoms with Gasteiger partial charge in [-0.25, -0.2) is 4.68 Å². The molecule has 1 saturated heterocycles. The Hall–Kier alpha value is -2.54. The number of aromatic amines is 1. The first-order valence-corrected chi connectivity index (χ1v) is 10.5. The zero-order chi connectivity index (χ0) is 20.8. The number of aromatic nitrogens is 5. The van der Waals surface area contributed by atoms with Gasteiger partial charge < -0.3 is 9.88 Å². The Morgan fingerprint density at radius 1 is 1.24 bits per heavy atom. The van der Waals surface area contributed by atoms with Crippen LogP contribution in [0.3, 0.4) is 0 Å². The van der Waals surface area contributed by atoms with Gasteiger partial charge in [0.2, 0.25) is 5.82 Å². The molecule has 1 aliphatic heterocycles. The molecule has 1 aliphatic rings. The molecule has 1 fully saturated rings. The molecule has 29 heavy (non-hydrogen) atoms. The zero-order valence-electron chi connectivity index (χ0n) is 18.0. The van der Waals surface area contributed by atoms with Crippen molar-refractivity contribution in [1.82, 2.24) is 25.2 Å². The molecule has 7 nitrogen and oxygen atoms in total. The topological polar surface area (TPSA) is 80.9 Å². The van der Waals surface area contributed by atoms with E-state index in [2.05, 4.69) is 54.3 Å². The number of para-hydroxylation sites is 1. The Kier molecular flexibility index (Phi) is 5.02. The second kappa shape index (κ2) is 7.37. The number of piperidine rings is 1. The molecule has 2 aromatic heterocycles. The summed E-state index contributed by atoms with van der Waals surface area (Å²) in [4.78, 5) is 17.7. The summed E-state index contributed by atoms with van der Waals surface area (Å²) in [5.74, 6) is 1.48. The maximum atomic E-state index is 13.2. The van der Waals surface area contributed by atoms with Crippen LogP contribution in [0.4, 0.5) is 0 Å². The third kappa shape index (κ3) is 3.71. The number of H-pyrrole nitrogens is 1. The Morgan fingerprint density at radius 2 is 1.97 bits per heavy atom. The van der Waals surface area contributed by atoms with Gasteiger partial charge in [0, 0.05) is 0 Å². The number of nitrogens with zero attached hydrogens (tertiary/aromatic N) is 4. The molecule has 3 heterocycles. The Balaban J connectivity index is 1.90. The van der Waals surface area contributed by atoms with Crippen molar-refractivity contribution in [2.75, 3.05) is 13.1 Å². The lowest BCUT2D eigenvalue weighted by atomic mass is 9.94. The van der Waals surface area contributed by atoms with Gasteiger partial charge in [0.1, 0.15) is 0 Å². The molecule has 154 valence electrons. The van der Waals surface area contributed by atoms with Crippen molar-refractivity contribution in [2.24, 2.45) is 5.92 Å². The predicted octanol–water partition coefficient (Wildman–Crippen LogP) is 1.98. The van der Waals surface area contributed by atoms with E-state index >= 15 is 0 Å². The monoisotopic (exact) mass is 395 g/mol. The van der Waals surface area contributed by atoms with Crippen molar-refractivity contribution in [3.63, 3.8) is 0 Å².